The molecule has 4 nitrogen and oxygen atoms in total. The number of hydrogen-bond donors (Lipinski definition) is 0. The molecule has 1 heterocycles. The molecule has 1 aliphatic rings. The summed E-state index contributed by atoms with van der Waals surface area (Å²) in [7, 11) is -3.43. The molecule has 110 valence electrons. The summed E-state index contributed by atoms with van der Waals surface area (Å²) in [5.74, 6) is 0. The minimum absolute atomic E-state index is 0.320. The molecule has 20 heavy (non-hydrogen) atoms. The summed E-state index contributed by atoms with van der Waals surface area (Å²) in [6, 6.07) is 9.54. The summed E-state index contributed by atoms with van der Waals surface area (Å²) >= 11 is 5.59. The zero-order valence-corrected chi connectivity index (χ0v) is 13.0. The molecule has 0 unspecified atom stereocenters. The van der Waals surface area contributed by atoms with Crippen LogP contribution in [0.2, 0.25) is 0 Å². The van der Waals surface area contributed by atoms with Crippen LogP contribution in [0.4, 0.5) is 0 Å². The van der Waals surface area contributed by atoms with E-state index in [4.69, 9.17) is 16.3 Å². The third kappa shape index (κ3) is 3.34. The minimum atomic E-state index is -3.43. The number of benzene rings is 1. The van der Waals surface area contributed by atoms with Gasteiger partial charge >= 0.3 is 0 Å². The molecule has 1 saturated heterocycles. The molecular weight excluding hydrogens is 298 g/mol. The van der Waals surface area contributed by atoms with E-state index >= 15 is 0 Å². The van der Waals surface area contributed by atoms with E-state index in [1.54, 1.807) is 6.92 Å². The maximum absolute atomic E-state index is 12.1. The quantitative estimate of drug-likeness (QED) is 0.800. The fourth-order valence-electron chi connectivity index (χ4n) is 2.22. The van der Waals surface area contributed by atoms with Gasteiger partial charge in [0.2, 0.25) is 0 Å². The van der Waals surface area contributed by atoms with Gasteiger partial charge in [0.25, 0.3) is 0 Å². The zero-order chi connectivity index (χ0) is 14.6. The smallest absolute Gasteiger partial charge is 0.190 e. The van der Waals surface area contributed by atoms with Crippen LogP contribution >= 0.6 is 11.6 Å². The Morgan fingerprint density at radius 1 is 1.25 bits per heavy atom. The van der Waals surface area contributed by atoms with Crippen LogP contribution in [0, 0.1) is 0 Å². The predicted octanol–water partition coefficient (Wildman–Crippen LogP) is 2.32. The first kappa shape index (κ1) is 15.4. The number of hydrogen-bond acceptors (Lipinski definition) is 4. The highest BCUT2D eigenvalue weighted by Crippen LogP contribution is 2.27. The van der Waals surface area contributed by atoms with Crippen molar-refractivity contribution in [2.75, 3.05) is 31.5 Å². The molecule has 0 atom stereocenters. The molecule has 1 aliphatic heterocycles. The molecule has 0 radical (unpaired) electrons. The Bertz CT molecular complexity index is 578. The highest BCUT2D eigenvalue weighted by molar-refractivity contribution is 7.96. The first-order valence-electron chi connectivity index (χ1n) is 6.44. The van der Waals surface area contributed by atoms with Gasteiger partial charge in [-0.1, -0.05) is 30.3 Å². The van der Waals surface area contributed by atoms with Gasteiger partial charge in [-0.25, -0.2) is 8.42 Å². The molecule has 0 bridgehead atoms. The Morgan fingerprint density at radius 3 is 2.40 bits per heavy atom. The van der Waals surface area contributed by atoms with Crippen molar-refractivity contribution in [2.24, 2.45) is 0 Å². The van der Waals surface area contributed by atoms with Crippen LogP contribution in [0.15, 0.2) is 35.2 Å². The number of ether oxygens (including phenoxy) is 1. The van der Waals surface area contributed by atoms with Crippen molar-refractivity contribution >= 4 is 27.1 Å². The first-order valence-corrected chi connectivity index (χ1v) is 8.62. The van der Waals surface area contributed by atoms with E-state index in [1.807, 2.05) is 30.3 Å². The fourth-order valence-corrected chi connectivity index (χ4v) is 3.42. The van der Waals surface area contributed by atoms with Crippen LogP contribution in [0.5, 0.6) is 0 Å². The van der Waals surface area contributed by atoms with Crippen LogP contribution in [0.25, 0.3) is 5.70 Å². The van der Waals surface area contributed by atoms with Crippen molar-refractivity contribution in [3.05, 3.63) is 40.8 Å². The largest absolute Gasteiger partial charge is 0.378 e. The summed E-state index contributed by atoms with van der Waals surface area (Å²) in [5, 5.41) is -0.403. The lowest BCUT2D eigenvalue weighted by Crippen LogP contribution is -2.36. The molecule has 0 amide bonds. The molecule has 1 aromatic carbocycles. The summed E-state index contributed by atoms with van der Waals surface area (Å²) in [6.45, 7) is 4.18. The summed E-state index contributed by atoms with van der Waals surface area (Å²) in [4.78, 5) is 2.37. The summed E-state index contributed by atoms with van der Waals surface area (Å²) < 4.78 is 29.6. The standard InChI is InChI=1S/C14H18ClNO3S/c1-12(20(17,18)11-15)14(13-5-3-2-4-6-13)16-7-9-19-10-8-16/h2-6H,7-11H2,1H3. The number of halogens is 1. The van der Waals surface area contributed by atoms with Crippen LogP contribution < -0.4 is 0 Å². The second-order valence-electron chi connectivity index (χ2n) is 4.59. The average Bonchev–Trinajstić information content (AvgIpc) is 2.49. The van der Waals surface area contributed by atoms with Gasteiger partial charge in [-0.3, -0.25) is 0 Å². The lowest BCUT2D eigenvalue weighted by Gasteiger charge is -2.32. The Balaban J connectivity index is 2.52. The Hall–Kier alpha value is -1.04. The van der Waals surface area contributed by atoms with Gasteiger partial charge < -0.3 is 9.64 Å². The Labute approximate surface area is 124 Å². The van der Waals surface area contributed by atoms with E-state index in [0.717, 1.165) is 11.3 Å². The maximum atomic E-state index is 12.1. The van der Waals surface area contributed by atoms with Gasteiger partial charge in [0.05, 0.1) is 23.8 Å². The molecule has 0 aliphatic carbocycles. The number of nitrogens with zero attached hydrogens (tertiary/aromatic N) is 1. The molecule has 0 spiro atoms. The van der Waals surface area contributed by atoms with Crippen molar-refractivity contribution in [3.63, 3.8) is 0 Å². The Kier molecular flexibility index (Phi) is 5.07. The van der Waals surface area contributed by atoms with Crippen LogP contribution in [0.1, 0.15) is 12.5 Å². The normalized spacial score (nSPS) is 17.8. The lowest BCUT2D eigenvalue weighted by atomic mass is 10.1. The predicted molar refractivity (Wildman–Crippen MR) is 81.1 cm³/mol. The molecule has 6 heteroatoms. The molecule has 1 aromatic rings. The molecule has 1 fully saturated rings. The number of allylic oxidation sites excluding steroid dienone is 1. The van der Waals surface area contributed by atoms with Gasteiger partial charge in [0.15, 0.2) is 9.84 Å². The van der Waals surface area contributed by atoms with Crippen molar-refractivity contribution in [1.29, 1.82) is 0 Å². The minimum Gasteiger partial charge on any atom is -0.378 e. The summed E-state index contributed by atoms with van der Waals surface area (Å²) in [5.41, 5.74) is 1.62. The van der Waals surface area contributed by atoms with E-state index < -0.39 is 15.0 Å². The van der Waals surface area contributed by atoms with E-state index in [2.05, 4.69) is 4.90 Å². The van der Waals surface area contributed by atoms with Crippen LogP contribution in [0.3, 0.4) is 0 Å². The van der Waals surface area contributed by atoms with E-state index in [1.165, 1.54) is 0 Å². The van der Waals surface area contributed by atoms with Crippen molar-refractivity contribution in [1.82, 2.24) is 4.90 Å². The topological polar surface area (TPSA) is 46.6 Å². The van der Waals surface area contributed by atoms with Crippen LogP contribution in [-0.4, -0.2) is 44.8 Å². The van der Waals surface area contributed by atoms with Gasteiger partial charge in [-0.15, -0.1) is 11.6 Å². The second kappa shape index (κ2) is 6.61. The number of morpholine rings is 1. The number of rotatable bonds is 4. The first-order chi connectivity index (χ1) is 9.56. The van der Waals surface area contributed by atoms with Crippen molar-refractivity contribution in [3.8, 4) is 0 Å². The molecular formula is C14H18ClNO3S. The molecule has 0 aromatic heterocycles. The third-order valence-electron chi connectivity index (χ3n) is 3.32. The monoisotopic (exact) mass is 315 g/mol. The lowest BCUT2D eigenvalue weighted by molar-refractivity contribution is 0.0638. The average molecular weight is 316 g/mol. The molecule has 0 saturated carbocycles. The molecule has 0 N–H and O–H groups in total. The third-order valence-corrected chi connectivity index (χ3v) is 5.59. The Morgan fingerprint density at radius 2 is 1.85 bits per heavy atom. The van der Waals surface area contributed by atoms with Crippen molar-refractivity contribution < 1.29 is 13.2 Å². The number of alkyl halides is 1. The van der Waals surface area contributed by atoms with E-state index in [0.29, 0.717) is 31.2 Å². The SMILES string of the molecule is CC(=C(c1ccccc1)N1CCOCC1)S(=O)(=O)CCl. The maximum Gasteiger partial charge on any atom is 0.190 e. The van der Waals surface area contributed by atoms with E-state index in [9.17, 15) is 8.42 Å². The van der Waals surface area contributed by atoms with E-state index in [-0.39, 0.29) is 0 Å². The zero-order valence-electron chi connectivity index (χ0n) is 11.4. The van der Waals surface area contributed by atoms with Gasteiger partial charge in [0, 0.05) is 13.1 Å². The highest BCUT2D eigenvalue weighted by atomic mass is 35.5. The fraction of sp³-hybridized carbons (Fsp3) is 0.429. The van der Waals surface area contributed by atoms with Gasteiger partial charge in [-0.05, 0) is 12.5 Å². The van der Waals surface area contributed by atoms with Gasteiger partial charge in [-0.2, -0.15) is 0 Å². The summed E-state index contributed by atoms with van der Waals surface area (Å²) in [6.07, 6.45) is 0. The molecule has 2 rings (SSSR count). The van der Waals surface area contributed by atoms with Crippen LogP contribution in [-0.2, 0) is 14.6 Å². The highest BCUT2D eigenvalue weighted by Gasteiger charge is 2.23. The second-order valence-corrected chi connectivity index (χ2v) is 7.31. The van der Waals surface area contributed by atoms with Crippen molar-refractivity contribution in [2.45, 2.75) is 6.92 Å². The van der Waals surface area contributed by atoms with Gasteiger partial charge in [0.1, 0.15) is 5.21 Å². The number of sulfone groups is 1.